The van der Waals surface area contributed by atoms with Crippen molar-refractivity contribution in [2.24, 2.45) is 11.7 Å². The van der Waals surface area contributed by atoms with Gasteiger partial charge >= 0.3 is 0 Å². The molecule has 2 aromatic rings. The molecule has 1 atom stereocenters. The van der Waals surface area contributed by atoms with Crippen LogP contribution < -0.4 is 5.73 Å². The summed E-state index contributed by atoms with van der Waals surface area (Å²) >= 11 is 0. The lowest BCUT2D eigenvalue weighted by Gasteiger charge is -2.07. The van der Waals surface area contributed by atoms with Crippen LogP contribution in [0.2, 0.25) is 0 Å². The summed E-state index contributed by atoms with van der Waals surface area (Å²) in [5.41, 5.74) is 10.6. The molecular weight excluding hydrogens is 242 g/mol. The van der Waals surface area contributed by atoms with Crippen molar-refractivity contribution in [1.29, 1.82) is 0 Å². The quantitative estimate of drug-likeness (QED) is 0.800. The minimum absolute atomic E-state index is 0.692. The van der Waals surface area contributed by atoms with Gasteiger partial charge in [0.25, 0.3) is 0 Å². The van der Waals surface area contributed by atoms with Crippen LogP contribution in [0.5, 0.6) is 0 Å². The number of rotatable bonds is 5. The summed E-state index contributed by atoms with van der Waals surface area (Å²) < 4.78 is 0. The van der Waals surface area contributed by atoms with Crippen LogP contribution in [-0.2, 0) is 0 Å². The molecule has 0 saturated heterocycles. The number of allylic oxidation sites excluding steroid dienone is 1. The Morgan fingerprint density at radius 1 is 1.00 bits per heavy atom. The standard InChI is InChI=1S/C19H23N/c1-3-15(2)9-14-19(20)18-12-10-17(11-13-18)16-7-5-4-6-8-16/h4-8,10-15H,3,9,20H2,1-2H3/b19-14-. The highest BCUT2D eigenvalue weighted by atomic mass is 14.6. The van der Waals surface area contributed by atoms with E-state index in [2.05, 4.69) is 68.5 Å². The molecule has 0 bridgehead atoms. The molecule has 0 spiro atoms. The van der Waals surface area contributed by atoms with Crippen molar-refractivity contribution in [2.45, 2.75) is 26.7 Å². The highest BCUT2D eigenvalue weighted by Crippen LogP contribution is 2.21. The summed E-state index contributed by atoms with van der Waals surface area (Å²) in [6, 6.07) is 18.9. The van der Waals surface area contributed by atoms with Gasteiger partial charge in [-0.3, -0.25) is 0 Å². The van der Waals surface area contributed by atoms with E-state index >= 15 is 0 Å². The lowest BCUT2D eigenvalue weighted by atomic mass is 10.0. The van der Waals surface area contributed by atoms with Gasteiger partial charge in [-0.2, -0.15) is 0 Å². The minimum Gasteiger partial charge on any atom is -0.399 e. The molecule has 0 heterocycles. The van der Waals surface area contributed by atoms with E-state index in [1.165, 1.54) is 17.5 Å². The van der Waals surface area contributed by atoms with Gasteiger partial charge in [0.15, 0.2) is 0 Å². The molecule has 104 valence electrons. The topological polar surface area (TPSA) is 26.0 Å². The monoisotopic (exact) mass is 265 g/mol. The summed E-state index contributed by atoms with van der Waals surface area (Å²) in [4.78, 5) is 0. The van der Waals surface area contributed by atoms with E-state index in [0.717, 1.165) is 17.7 Å². The second kappa shape index (κ2) is 6.95. The zero-order chi connectivity index (χ0) is 14.4. The van der Waals surface area contributed by atoms with Crippen LogP contribution in [0, 0.1) is 5.92 Å². The third kappa shape index (κ3) is 3.74. The molecule has 1 unspecified atom stereocenters. The van der Waals surface area contributed by atoms with Crippen molar-refractivity contribution >= 4 is 5.70 Å². The predicted molar refractivity (Wildman–Crippen MR) is 88.1 cm³/mol. The summed E-state index contributed by atoms with van der Waals surface area (Å²) in [5, 5.41) is 0. The van der Waals surface area contributed by atoms with Gasteiger partial charge in [0.2, 0.25) is 0 Å². The first-order valence-electron chi connectivity index (χ1n) is 7.32. The van der Waals surface area contributed by atoms with Gasteiger partial charge in [-0.25, -0.2) is 0 Å². The van der Waals surface area contributed by atoms with Gasteiger partial charge < -0.3 is 5.73 Å². The van der Waals surface area contributed by atoms with Crippen molar-refractivity contribution in [3.8, 4) is 11.1 Å². The van der Waals surface area contributed by atoms with Gasteiger partial charge in [0.05, 0.1) is 0 Å². The lowest BCUT2D eigenvalue weighted by Crippen LogP contribution is -1.98. The van der Waals surface area contributed by atoms with Crippen molar-refractivity contribution < 1.29 is 0 Å². The smallest absolute Gasteiger partial charge is 0.0347 e. The zero-order valence-corrected chi connectivity index (χ0v) is 12.3. The van der Waals surface area contributed by atoms with Crippen LogP contribution in [0.1, 0.15) is 32.3 Å². The fraction of sp³-hybridized carbons (Fsp3) is 0.263. The lowest BCUT2D eigenvalue weighted by molar-refractivity contribution is 0.572. The molecule has 0 aliphatic carbocycles. The van der Waals surface area contributed by atoms with Gasteiger partial charge in [-0.15, -0.1) is 0 Å². The molecular formula is C19H23N. The van der Waals surface area contributed by atoms with E-state index in [9.17, 15) is 0 Å². The number of nitrogens with two attached hydrogens (primary N) is 1. The third-order valence-corrected chi connectivity index (χ3v) is 3.76. The second-order valence-electron chi connectivity index (χ2n) is 5.35. The minimum atomic E-state index is 0.692. The van der Waals surface area contributed by atoms with Crippen molar-refractivity contribution in [1.82, 2.24) is 0 Å². The van der Waals surface area contributed by atoms with Crippen LogP contribution in [0.25, 0.3) is 16.8 Å². The predicted octanol–water partition coefficient (Wildman–Crippen LogP) is 5.09. The first-order chi connectivity index (χ1) is 9.70. The molecule has 2 aromatic carbocycles. The average molecular weight is 265 g/mol. The maximum Gasteiger partial charge on any atom is 0.0347 e. The van der Waals surface area contributed by atoms with E-state index in [-0.39, 0.29) is 0 Å². The van der Waals surface area contributed by atoms with Crippen LogP contribution in [0.3, 0.4) is 0 Å². The largest absolute Gasteiger partial charge is 0.399 e. The molecule has 1 nitrogen and oxygen atoms in total. The SMILES string of the molecule is CCC(C)C/C=C(\N)c1ccc(-c2ccccc2)cc1. The van der Waals surface area contributed by atoms with Gasteiger partial charge in [-0.05, 0) is 29.0 Å². The Balaban J connectivity index is 2.12. The molecule has 2 N–H and O–H groups in total. The number of hydrogen-bond acceptors (Lipinski definition) is 1. The number of hydrogen-bond donors (Lipinski definition) is 1. The molecule has 1 heteroatoms. The number of benzene rings is 2. The van der Waals surface area contributed by atoms with Crippen LogP contribution >= 0.6 is 0 Å². The maximum atomic E-state index is 6.15. The van der Waals surface area contributed by atoms with E-state index in [1.54, 1.807) is 0 Å². The first kappa shape index (κ1) is 14.4. The third-order valence-electron chi connectivity index (χ3n) is 3.76. The molecule has 0 aliphatic heterocycles. The van der Waals surface area contributed by atoms with E-state index in [4.69, 9.17) is 5.73 Å². The molecule has 0 aliphatic rings. The van der Waals surface area contributed by atoms with Crippen molar-refractivity contribution in [2.75, 3.05) is 0 Å². The van der Waals surface area contributed by atoms with Crippen LogP contribution in [-0.4, -0.2) is 0 Å². The molecule has 2 rings (SSSR count). The Hall–Kier alpha value is -2.02. The normalized spacial score (nSPS) is 13.2. The van der Waals surface area contributed by atoms with Crippen LogP contribution in [0.15, 0.2) is 60.7 Å². The molecule has 0 radical (unpaired) electrons. The summed E-state index contributed by atoms with van der Waals surface area (Å²) in [7, 11) is 0. The molecule has 0 aromatic heterocycles. The Bertz CT molecular complexity index is 552. The van der Waals surface area contributed by atoms with E-state index in [0.29, 0.717) is 5.92 Å². The fourth-order valence-electron chi connectivity index (χ4n) is 2.10. The van der Waals surface area contributed by atoms with Crippen molar-refractivity contribution in [3.63, 3.8) is 0 Å². The highest BCUT2D eigenvalue weighted by molar-refractivity contribution is 5.69. The fourth-order valence-corrected chi connectivity index (χ4v) is 2.10. The van der Waals surface area contributed by atoms with E-state index in [1.807, 2.05) is 6.07 Å². The summed E-state index contributed by atoms with van der Waals surface area (Å²) in [5.74, 6) is 0.692. The summed E-state index contributed by atoms with van der Waals surface area (Å²) in [6.07, 6.45) is 4.38. The Labute approximate surface area is 122 Å². The highest BCUT2D eigenvalue weighted by Gasteiger charge is 2.01. The molecule has 20 heavy (non-hydrogen) atoms. The maximum absolute atomic E-state index is 6.15. The molecule has 0 saturated carbocycles. The van der Waals surface area contributed by atoms with Crippen molar-refractivity contribution in [3.05, 3.63) is 66.2 Å². The van der Waals surface area contributed by atoms with Crippen LogP contribution in [0.4, 0.5) is 0 Å². The van der Waals surface area contributed by atoms with Gasteiger partial charge in [0, 0.05) is 5.70 Å². The average Bonchev–Trinajstić information content (AvgIpc) is 2.53. The first-order valence-corrected chi connectivity index (χ1v) is 7.32. The van der Waals surface area contributed by atoms with Gasteiger partial charge in [-0.1, -0.05) is 80.9 Å². The molecule has 0 amide bonds. The zero-order valence-electron chi connectivity index (χ0n) is 12.3. The second-order valence-corrected chi connectivity index (χ2v) is 5.35. The Morgan fingerprint density at radius 2 is 1.60 bits per heavy atom. The Kier molecular flexibility index (Phi) is 5.00. The summed E-state index contributed by atoms with van der Waals surface area (Å²) in [6.45, 7) is 4.46. The Morgan fingerprint density at radius 3 is 2.20 bits per heavy atom. The van der Waals surface area contributed by atoms with Gasteiger partial charge in [0.1, 0.15) is 0 Å². The molecule has 0 fully saturated rings. The van der Waals surface area contributed by atoms with E-state index < -0.39 is 0 Å².